The molecule has 0 aliphatic heterocycles. The van der Waals surface area contributed by atoms with Gasteiger partial charge in [0.2, 0.25) is 0 Å². The first-order chi connectivity index (χ1) is 8.22. The highest BCUT2D eigenvalue weighted by atomic mass is 19.1. The van der Waals surface area contributed by atoms with Crippen LogP contribution in [0.3, 0.4) is 0 Å². The SMILES string of the molecule is CN(c1ccc(F)cc1CN)C1CCCCC1. The van der Waals surface area contributed by atoms with Crippen molar-refractivity contribution < 1.29 is 4.39 Å². The van der Waals surface area contributed by atoms with Gasteiger partial charge >= 0.3 is 0 Å². The Balaban J connectivity index is 2.19. The largest absolute Gasteiger partial charge is 0.371 e. The molecule has 94 valence electrons. The number of hydrogen-bond acceptors (Lipinski definition) is 2. The van der Waals surface area contributed by atoms with Crippen LogP contribution < -0.4 is 10.6 Å². The molecule has 0 atom stereocenters. The molecule has 0 saturated heterocycles. The van der Waals surface area contributed by atoms with Crippen LogP contribution >= 0.6 is 0 Å². The van der Waals surface area contributed by atoms with Gasteiger partial charge in [0.1, 0.15) is 5.82 Å². The van der Waals surface area contributed by atoms with Crippen molar-refractivity contribution in [3.63, 3.8) is 0 Å². The predicted octanol–water partition coefficient (Wildman–Crippen LogP) is 3.05. The highest BCUT2D eigenvalue weighted by Crippen LogP contribution is 2.28. The Labute approximate surface area is 103 Å². The molecule has 0 aromatic heterocycles. The quantitative estimate of drug-likeness (QED) is 0.874. The fraction of sp³-hybridized carbons (Fsp3) is 0.571. The zero-order chi connectivity index (χ0) is 12.3. The van der Waals surface area contributed by atoms with Crippen LogP contribution in [-0.2, 0) is 6.54 Å². The molecule has 1 fully saturated rings. The van der Waals surface area contributed by atoms with Crippen molar-refractivity contribution >= 4 is 5.69 Å². The topological polar surface area (TPSA) is 29.3 Å². The van der Waals surface area contributed by atoms with Crippen molar-refractivity contribution in [3.8, 4) is 0 Å². The van der Waals surface area contributed by atoms with Gasteiger partial charge in [-0.15, -0.1) is 0 Å². The monoisotopic (exact) mass is 236 g/mol. The fourth-order valence-electron chi connectivity index (χ4n) is 2.73. The van der Waals surface area contributed by atoms with E-state index >= 15 is 0 Å². The summed E-state index contributed by atoms with van der Waals surface area (Å²) in [6.07, 6.45) is 6.41. The van der Waals surface area contributed by atoms with Crippen molar-refractivity contribution in [3.05, 3.63) is 29.6 Å². The fourth-order valence-corrected chi connectivity index (χ4v) is 2.73. The zero-order valence-electron chi connectivity index (χ0n) is 10.5. The van der Waals surface area contributed by atoms with E-state index in [4.69, 9.17) is 5.73 Å². The van der Waals surface area contributed by atoms with Crippen LogP contribution in [0.25, 0.3) is 0 Å². The molecule has 1 aromatic rings. The van der Waals surface area contributed by atoms with E-state index in [9.17, 15) is 4.39 Å². The van der Waals surface area contributed by atoms with E-state index in [0.29, 0.717) is 12.6 Å². The van der Waals surface area contributed by atoms with Gasteiger partial charge in [-0.1, -0.05) is 19.3 Å². The molecule has 0 radical (unpaired) electrons. The van der Waals surface area contributed by atoms with Crippen LogP contribution in [0, 0.1) is 5.82 Å². The summed E-state index contributed by atoms with van der Waals surface area (Å²) in [7, 11) is 2.10. The number of halogens is 1. The molecule has 1 aliphatic rings. The number of benzene rings is 1. The summed E-state index contributed by atoms with van der Waals surface area (Å²) >= 11 is 0. The van der Waals surface area contributed by atoms with Gasteiger partial charge in [-0.2, -0.15) is 0 Å². The van der Waals surface area contributed by atoms with E-state index in [1.807, 2.05) is 6.07 Å². The standard InChI is InChI=1S/C14H21FN2/c1-17(13-5-3-2-4-6-13)14-8-7-12(15)9-11(14)10-16/h7-9,13H,2-6,10,16H2,1H3. The summed E-state index contributed by atoms with van der Waals surface area (Å²) in [5.41, 5.74) is 7.68. The van der Waals surface area contributed by atoms with Crippen LogP contribution in [0.1, 0.15) is 37.7 Å². The third kappa shape index (κ3) is 2.78. The number of nitrogens with two attached hydrogens (primary N) is 1. The molecular weight excluding hydrogens is 215 g/mol. The number of rotatable bonds is 3. The van der Waals surface area contributed by atoms with Crippen molar-refractivity contribution in [2.75, 3.05) is 11.9 Å². The van der Waals surface area contributed by atoms with E-state index in [0.717, 1.165) is 11.3 Å². The molecule has 2 rings (SSSR count). The van der Waals surface area contributed by atoms with Crippen LogP contribution in [0.4, 0.5) is 10.1 Å². The van der Waals surface area contributed by atoms with Crippen molar-refractivity contribution in [2.45, 2.75) is 44.7 Å². The minimum Gasteiger partial charge on any atom is -0.371 e. The van der Waals surface area contributed by atoms with Crippen molar-refractivity contribution in [1.82, 2.24) is 0 Å². The lowest BCUT2D eigenvalue weighted by molar-refractivity contribution is 0.427. The molecule has 0 heterocycles. The first-order valence-corrected chi connectivity index (χ1v) is 6.43. The van der Waals surface area contributed by atoms with Gasteiger partial charge < -0.3 is 10.6 Å². The third-order valence-corrected chi connectivity index (χ3v) is 3.76. The van der Waals surface area contributed by atoms with Crippen LogP contribution in [0.5, 0.6) is 0 Å². The van der Waals surface area contributed by atoms with Crippen LogP contribution in [-0.4, -0.2) is 13.1 Å². The highest BCUT2D eigenvalue weighted by molar-refractivity contribution is 5.54. The van der Waals surface area contributed by atoms with Gasteiger partial charge in [-0.05, 0) is 36.6 Å². The molecule has 2 nitrogen and oxygen atoms in total. The lowest BCUT2D eigenvalue weighted by Gasteiger charge is -2.34. The summed E-state index contributed by atoms with van der Waals surface area (Å²) in [5.74, 6) is -0.203. The second kappa shape index (κ2) is 5.50. The van der Waals surface area contributed by atoms with Crippen LogP contribution in [0.2, 0.25) is 0 Å². The Bertz CT molecular complexity index is 372. The van der Waals surface area contributed by atoms with Gasteiger partial charge in [-0.25, -0.2) is 4.39 Å². The molecule has 1 aromatic carbocycles. The Kier molecular flexibility index (Phi) is 4.00. The minimum absolute atomic E-state index is 0.203. The average molecular weight is 236 g/mol. The van der Waals surface area contributed by atoms with E-state index in [-0.39, 0.29) is 5.82 Å². The molecule has 3 heteroatoms. The first kappa shape index (κ1) is 12.4. The summed E-state index contributed by atoms with van der Waals surface area (Å²) in [6.45, 7) is 0.393. The van der Waals surface area contributed by atoms with Crippen molar-refractivity contribution in [1.29, 1.82) is 0 Å². The van der Waals surface area contributed by atoms with Gasteiger partial charge in [0, 0.05) is 25.3 Å². The molecule has 1 saturated carbocycles. The summed E-state index contributed by atoms with van der Waals surface area (Å²) < 4.78 is 13.2. The van der Waals surface area contributed by atoms with Gasteiger partial charge in [0.05, 0.1) is 0 Å². The maximum atomic E-state index is 13.2. The maximum absolute atomic E-state index is 13.2. The second-order valence-corrected chi connectivity index (χ2v) is 4.88. The van der Waals surface area contributed by atoms with E-state index in [1.54, 1.807) is 6.07 Å². The summed E-state index contributed by atoms with van der Waals surface area (Å²) in [6, 6.07) is 5.51. The molecule has 0 bridgehead atoms. The summed E-state index contributed by atoms with van der Waals surface area (Å²) in [5, 5.41) is 0. The lowest BCUT2D eigenvalue weighted by Crippen LogP contribution is -2.34. The molecule has 0 amide bonds. The molecule has 1 aliphatic carbocycles. The highest BCUT2D eigenvalue weighted by Gasteiger charge is 2.19. The number of hydrogen-bond donors (Lipinski definition) is 1. The molecule has 0 spiro atoms. The Morgan fingerprint density at radius 3 is 2.65 bits per heavy atom. The maximum Gasteiger partial charge on any atom is 0.123 e. The Morgan fingerprint density at radius 1 is 1.29 bits per heavy atom. The van der Waals surface area contributed by atoms with Gasteiger partial charge in [0.15, 0.2) is 0 Å². The second-order valence-electron chi connectivity index (χ2n) is 4.88. The molecule has 2 N–H and O–H groups in total. The van der Waals surface area contributed by atoms with Crippen molar-refractivity contribution in [2.24, 2.45) is 5.73 Å². The molecular formula is C14H21FN2. The van der Waals surface area contributed by atoms with E-state index < -0.39 is 0 Å². The third-order valence-electron chi connectivity index (χ3n) is 3.76. The smallest absolute Gasteiger partial charge is 0.123 e. The minimum atomic E-state index is -0.203. The lowest BCUT2D eigenvalue weighted by atomic mass is 9.94. The first-order valence-electron chi connectivity index (χ1n) is 6.43. The van der Waals surface area contributed by atoms with E-state index in [2.05, 4.69) is 11.9 Å². The molecule has 0 unspecified atom stereocenters. The summed E-state index contributed by atoms with van der Waals surface area (Å²) in [4.78, 5) is 2.28. The number of nitrogens with zero attached hydrogens (tertiary/aromatic N) is 1. The van der Waals surface area contributed by atoms with E-state index in [1.165, 1.54) is 38.2 Å². The molecule has 17 heavy (non-hydrogen) atoms. The zero-order valence-corrected chi connectivity index (χ0v) is 10.5. The predicted molar refractivity (Wildman–Crippen MR) is 69.6 cm³/mol. The normalized spacial score (nSPS) is 17.1. The van der Waals surface area contributed by atoms with Crippen LogP contribution in [0.15, 0.2) is 18.2 Å². The number of anilines is 1. The Morgan fingerprint density at radius 2 is 2.00 bits per heavy atom. The average Bonchev–Trinajstić information content (AvgIpc) is 2.39. The van der Waals surface area contributed by atoms with Gasteiger partial charge in [-0.3, -0.25) is 0 Å². The Hall–Kier alpha value is -1.09. The van der Waals surface area contributed by atoms with Gasteiger partial charge in [0.25, 0.3) is 0 Å².